The van der Waals surface area contributed by atoms with Gasteiger partial charge in [-0.2, -0.15) is 0 Å². The second-order valence-electron chi connectivity index (χ2n) is 15.1. The number of aryl methyl sites for hydroxylation is 1. The highest BCUT2D eigenvalue weighted by Gasteiger charge is 2.45. The van der Waals surface area contributed by atoms with Gasteiger partial charge < -0.3 is 29.2 Å². The number of nitrogens with zero attached hydrogens (tertiary/aromatic N) is 1. The summed E-state index contributed by atoms with van der Waals surface area (Å²) >= 11 is 6.44. The maximum atomic E-state index is 13.7. The molecule has 2 aliphatic carbocycles. The first-order chi connectivity index (χ1) is 24.4. The van der Waals surface area contributed by atoms with Crippen LogP contribution in [0.3, 0.4) is 0 Å². The molecule has 5 aliphatic rings. The van der Waals surface area contributed by atoms with Crippen LogP contribution in [0.25, 0.3) is 0 Å². The lowest BCUT2D eigenvalue weighted by Gasteiger charge is -2.46. The Labute approximate surface area is 305 Å². The van der Waals surface area contributed by atoms with Crippen molar-refractivity contribution in [2.45, 2.75) is 86.9 Å². The van der Waals surface area contributed by atoms with E-state index in [1.165, 1.54) is 31.0 Å². The normalized spacial score (nSPS) is 29.7. The number of hydrogen-bond donors (Lipinski definition) is 2. The fourth-order valence-corrected chi connectivity index (χ4v) is 9.54. The third-order valence-corrected chi connectivity index (χ3v) is 12.9. The molecular weight excluding hydrogens is 694 g/mol. The predicted molar refractivity (Wildman–Crippen MR) is 193 cm³/mol. The molecule has 7 rings (SSSR count). The molecular formula is C38H48ClN3O8S. The van der Waals surface area contributed by atoms with Gasteiger partial charge in [0.25, 0.3) is 15.9 Å². The predicted octanol–water partition coefficient (Wildman–Crippen LogP) is 4.69. The average Bonchev–Trinajstić information content (AvgIpc) is 3.23. The number of fused-ring (bicyclic) bond motifs is 4. The maximum absolute atomic E-state index is 13.7. The van der Waals surface area contributed by atoms with E-state index in [0.717, 1.165) is 44.9 Å². The number of ether oxygens (including phenoxy) is 4. The molecule has 2 aromatic carbocycles. The Balaban J connectivity index is 1.22. The number of amides is 2. The minimum absolute atomic E-state index is 0.0281. The third kappa shape index (κ3) is 7.81. The molecule has 3 aliphatic heterocycles. The van der Waals surface area contributed by atoms with Gasteiger partial charge in [0, 0.05) is 42.8 Å². The van der Waals surface area contributed by atoms with Crippen LogP contribution in [0, 0.1) is 11.8 Å². The number of carbonyl (C=O) groups is 2. The molecule has 2 N–H and O–H groups in total. The highest BCUT2D eigenvalue weighted by Crippen LogP contribution is 2.47. The molecule has 2 aromatic rings. The Kier molecular flexibility index (Phi) is 10.4. The van der Waals surface area contributed by atoms with Crippen molar-refractivity contribution >= 4 is 39.1 Å². The molecule has 51 heavy (non-hydrogen) atoms. The molecule has 0 unspecified atom stereocenters. The van der Waals surface area contributed by atoms with E-state index in [0.29, 0.717) is 49.4 Å². The summed E-state index contributed by atoms with van der Waals surface area (Å²) in [4.78, 5) is 28.5. The van der Waals surface area contributed by atoms with Crippen LogP contribution in [0.4, 0.5) is 5.69 Å². The van der Waals surface area contributed by atoms with Crippen LogP contribution in [-0.4, -0.2) is 84.1 Å². The first-order valence-corrected chi connectivity index (χ1v) is 20.0. The minimum atomic E-state index is -4.23. The first kappa shape index (κ1) is 36.2. The van der Waals surface area contributed by atoms with E-state index in [9.17, 15) is 18.0 Å². The van der Waals surface area contributed by atoms with Crippen molar-refractivity contribution in [2.24, 2.45) is 11.8 Å². The zero-order valence-electron chi connectivity index (χ0n) is 29.3. The fourth-order valence-electron chi connectivity index (χ4n) is 8.22. The fraction of sp³-hybridized carbons (Fsp3) is 0.579. The van der Waals surface area contributed by atoms with Gasteiger partial charge in [0.1, 0.15) is 18.0 Å². The van der Waals surface area contributed by atoms with Gasteiger partial charge in [-0.25, -0.2) is 13.1 Å². The highest BCUT2D eigenvalue weighted by molar-refractivity contribution is 7.90. The summed E-state index contributed by atoms with van der Waals surface area (Å²) in [6, 6.07) is 11.0. The molecule has 13 heteroatoms. The highest BCUT2D eigenvalue weighted by atomic mass is 35.5. The van der Waals surface area contributed by atoms with Gasteiger partial charge in [-0.1, -0.05) is 29.8 Å². The Morgan fingerprint density at radius 1 is 1.12 bits per heavy atom. The molecule has 2 amide bonds. The van der Waals surface area contributed by atoms with Crippen molar-refractivity contribution in [3.8, 4) is 5.75 Å². The van der Waals surface area contributed by atoms with Crippen LogP contribution in [0.1, 0.15) is 63.5 Å². The average molecular weight is 742 g/mol. The molecule has 0 aromatic heterocycles. The number of benzene rings is 2. The maximum Gasteiger partial charge on any atom is 0.265 e. The van der Waals surface area contributed by atoms with E-state index >= 15 is 0 Å². The van der Waals surface area contributed by atoms with Crippen LogP contribution in [0.5, 0.6) is 5.75 Å². The Hall–Kier alpha value is -3.16. The van der Waals surface area contributed by atoms with Gasteiger partial charge in [-0.3, -0.25) is 9.59 Å². The minimum Gasteiger partial charge on any atom is -0.490 e. The zero-order valence-corrected chi connectivity index (χ0v) is 30.9. The molecule has 11 nitrogen and oxygen atoms in total. The number of anilines is 1. The Bertz CT molecular complexity index is 1780. The van der Waals surface area contributed by atoms with Gasteiger partial charge in [-0.15, -0.1) is 0 Å². The number of hydrogen-bond acceptors (Lipinski definition) is 9. The summed E-state index contributed by atoms with van der Waals surface area (Å²) in [5.41, 5.74) is 1.31. The second kappa shape index (κ2) is 14.7. The summed E-state index contributed by atoms with van der Waals surface area (Å²) in [7, 11) is -4.23. The molecule has 4 atom stereocenters. The SMILES string of the molecule is CC1(C)OC/C=C/[C@H](OCC(=O)NC2CCOCC2)[C@@H]2CC[C@H]2CN2C[C@@]3(CCCc4cc(Cl)ccc43)COc3ccc(cc32)S(=O)(=O)NC1=O. The second-order valence-corrected chi connectivity index (χ2v) is 17.3. The lowest BCUT2D eigenvalue weighted by atomic mass is 9.68. The van der Waals surface area contributed by atoms with Gasteiger partial charge >= 0.3 is 0 Å². The summed E-state index contributed by atoms with van der Waals surface area (Å²) in [6.45, 7) is 6.00. The smallest absolute Gasteiger partial charge is 0.265 e. The topological polar surface area (TPSA) is 132 Å². The molecule has 1 saturated heterocycles. The van der Waals surface area contributed by atoms with E-state index in [1.807, 2.05) is 12.1 Å². The van der Waals surface area contributed by atoms with E-state index in [4.69, 9.17) is 30.5 Å². The zero-order chi connectivity index (χ0) is 35.8. The van der Waals surface area contributed by atoms with Crippen molar-refractivity contribution in [2.75, 3.05) is 51.0 Å². The number of nitrogens with one attached hydrogen (secondary N) is 2. The van der Waals surface area contributed by atoms with Crippen molar-refractivity contribution < 1.29 is 37.0 Å². The third-order valence-electron chi connectivity index (χ3n) is 11.3. The van der Waals surface area contributed by atoms with Crippen molar-refractivity contribution in [3.05, 3.63) is 64.7 Å². The number of halogens is 1. The van der Waals surface area contributed by atoms with Crippen LogP contribution < -0.4 is 19.7 Å². The number of sulfonamides is 1. The molecule has 2 fully saturated rings. The van der Waals surface area contributed by atoms with Crippen molar-refractivity contribution in [1.82, 2.24) is 10.0 Å². The molecule has 2 bridgehead atoms. The lowest BCUT2D eigenvalue weighted by Crippen LogP contribution is -2.50. The number of carbonyl (C=O) groups excluding carboxylic acids is 2. The van der Waals surface area contributed by atoms with Crippen molar-refractivity contribution in [3.63, 3.8) is 0 Å². The summed E-state index contributed by atoms with van der Waals surface area (Å²) in [5.74, 6) is -0.0396. The molecule has 0 radical (unpaired) electrons. The lowest BCUT2D eigenvalue weighted by molar-refractivity contribution is -0.139. The van der Waals surface area contributed by atoms with E-state index in [2.05, 4.69) is 27.1 Å². The van der Waals surface area contributed by atoms with Crippen LogP contribution in [0.15, 0.2) is 53.4 Å². The monoisotopic (exact) mass is 741 g/mol. The van der Waals surface area contributed by atoms with Gasteiger partial charge in [0.15, 0.2) is 0 Å². The quantitative estimate of drug-likeness (QED) is 0.429. The molecule has 3 heterocycles. The van der Waals surface area contributed by atoms with Crippen LogP contribution in [0.2, 0.25) is 5.02 Å². The molecule has 1 saturated carbocycles. The van der Waals surface area contributed by atoms with Gasteiger partial charge in [0.2, 0.25) is 5.91 Å². The summed E-state index contributed by atoms with van der Waals surface area (Å²) in [5, 5.41) is 3.80. The van der Waals surface area contributed by atoms with Crippen molar-refractivity contribution in [1.29, 1.82) is 0 Å². The summed E-state index contributed by atoms with van der Waals surface area (Å²) < 4.78 is 53.8. The largest absolute Gasteiger partial charge is 0.490 e. The van der Waals surface area contributed by atoms with E-state index in [1.54, 1.807) is 18.2 Å². The van der Waals surface area contributed by atoms with Crippen LogP contribution >= 0.6 is 11.6 Å². The summed E-state index contributed by atoms with van der Waals surface area (Å²) in [6.07, 6.45) is 9.61. The van der Waals surface area contributed by atoms with E-state index in [-0.39, 0.29) is 53.4 Å². The molecule has 1 spiro atoms. The first-order valence-electron chi connectivity index (χ1n) is 18.1. The van der Waals surface area contributed by atoms with Gasteiger partial charge in [-0.05, 0) is 112 Å². The molecule has 276 valence electrons. The van der Waals surface area contributed by atoms with Crippen LogP contribution in [-0.2, 0) is 45.7 Å². The van der Waals surface area contributed by atoms with Gasteiger partial charge in [0.05, 0.1) is 29.9 Å². The van der Waals surface area contributed by atoms with E-state index < -0.39 is 21.5 Å². The standard InChI is InChI=1S/C38H48ClN3O8S/c1-37(2)36(44)41-51(45,46)29-9-12-34-32(20-29)42(23-38(24-49-34)15-3-5-25-19-27(39)8-11-31(25)38)21-26-7-10-30(26)33(6-4-16-50-37)48-22-35(43)40-28-13-17-47-18-14-28/h4,6,8-9,11-12,19-20,26,28,30,33H,3,5,7,10,13-18,21-24H2,1-2H3,(H,40,43)(H,41,44)/b6-4+/t26-,30+,33-,38-/m0/s1. The Morgan fingerprint density at radius 3 is 2.73 bits per heavy atom. The Morgan fingerprint density at radius 2 is 1.94 bits per heavy atom. The number of rotatable bonds is 4.